The number of hydrogen-bond acceptors (Lipinski definition) is 2. The predicted octanol–water partition coefficient (Wildman–Crippen LogP) is 4.90. The third-order valence-corrected chi connectivity index (χ3v) is 4.02. The lowest BCUT2D eigenvalue weighted by Gasteiger charge is -2.14. The van der Waals surface area contributed by atoms with Gasteiger partial charge in [-0.1, -0.05) is 36.4 Å². The van der Waals surface area contributed by atoms with Crippen LogP contribution in [0.4, 0.5) is 0 Å². The third kappa shape index (κ3) is 2.38. The van der Waals surface area contributed by atoms with Crippen LogP contribution in [0, 0.1) is 25.2 Å². The maximum absolute atomic E-state index is 9.23. The van der Waals surface area contributed by atoms with Gasteiger partial charge in [0.05, 0.1) is 17.3 Å². The van der Waals surface area contributed by atoms with E-state index in [1.165, 1.54) is 5.56 Å². The molecular formula is C20H16N2. The standard InChI is InChI=1S/C20H16N2/c1-14-16(13-21)7-5-8-17(14)18-9-6-10-19(15(18)2)20-11-3-4-12-22-20/h3-12H,1-2H3. The van der Waals surface area contributed by atoms with Crippen LogP contribution < -0.4 is 0 Å². The summed E-state index contributed by atoms with van der Waals surface area (Å²) in [4.78, 5) is 4.45. The first-order chi connectivity index (χ1) is 10.7. The van der Waals surface area contributed by atoms with E-state index in [0.717, 1.165) is 33.5 Å². The Morgan fingerprint density at radius 2 is 1.45 bits per heavy atom. The van der Waals surface area contributed by atoms with Crippen molar-refractivity contribution in [1.82, 2.24) is 4.98 Å². The summed E-state index contributed by atoms with van der Waals surface area (Å²) < 4.78 is 0. The Labute approximate surface area is 130 Å². The molecule has 0 aliphatic rings. The van der Waals surface area contributed by atoms with Crippen molar-refractivity contribution in [1.29, 1.82) is 5.26 Å². The minimum absolute atomic E-state index is 0.722. The normalized spacial score (nSPS) is 10.2. The van der Waals surface area contributed by atoms with Crippen molar-refractivity contribution in [3.8, 4) is 28.5 Å². The Morgan fingerprint density at radius 1 is 0.773 bits per heavy atom. The Morgan fingerprint density at radius 3 is 2.14 bits per heavy atom. The molecule has 0 N–H and O–H groups in total. The van der Waals surface area contributed by atoms with Crippen LogP contribution in [0.1, 0.15) is 16.7 Å². The molecule has 0 unspecified atom stereocenters. The summed E-state index contributed by atoms with van der Waals surface area (Å²) in [6.45, 7) is 4.11. The molecule has 2 heteroatoms. The number of benzene rings is 2. The Bertz CT molecular complexity index is 859. The molecule has 0 saturated carbocycles. The molecule has 0 radical (unpaired) electrons. The van der Waals surface area contributed by atoms with Crippen molar-refractivity contribution in [3.05, 3.63) is 77.5 Å². The maximum atomic E-state index is 9.23. The zero-order chi connectivity index (χ0) is 15.5. The molecule has 0 atom stereocenters. The number of pyridine rings is 1. The van der Waals surface area contributed by atoms with Gasteiger partial charge in [-0.25, -0.2) is 0 Å². The highest BCUT2D eigenvalue weighted by Gasteiger charge is 2.11. The van der Waals surface area contributed by atoms with E-state index >= 15 is 0 Å². The average Bonchev–Trinajstić information content (AvgIpc) is 2.56. The molecule has 1 aromatic heterocycles. The summed E-state index contributed by atoms with van der Waals surface area (Å²) in [7, 11) is 0. The largest absolute Gasteiger partial charge is 0.256 e. The highest BCUT2D eigenvalue weighted by atomic mass is 14.7. The minimum Gasteiger partial charge on any atom is -0.256 e. The fourth-order valence-electron chi connectivity index (χ4n) is 2.78. The molecule has 1 heterocycles. The van der Waals surface area contributed by atoms with Gasteiger partial charge in [0, 0.05) is 11.8 Å². The molecule has 3 aromatic rings. The smallest absolute Gasteiger partial charge is 0.0994 e. The zero-order valence-corrected chi connectivity index (χ0v) is 12.7. The second kappa shape index (κ2) is 5.83. The van der Waals surface area contributed by atoms with Gasteiger partial charge in [-0.15, -0.1) is 0 Å². The number of nitrogens with zero attached hydrogens (tertiary/aromatic N) is 2. The van der Waals surface area contributed by atoms with Crippen LogP contribution in [0.15, 0.2) is 60.8 Å². The lowest BCUT2D eigenvalue weighted by atomic mass is 9.91. The molecule has 106 valence electrons. The molecule has 0 fully saturated rings. The Kier molecular flexibility index (Phi) is 3.72. The van der Waals surface area contributed by atoms with Gasteiger partial charge < -0.3 is 0 Å². The SMILES string of the molecule is Cc1c(C#N)cccc1-c1cccc(-c2ccccn2)c1C. The van der Waals surface area contributed by atoms with Crippen molar-refractivity contribution in [2.24, 2.45) is 0 Å². The van der Waals surface area contributed by atoms with Crippen LogP contribution in [0.5, 0.6) is 0 Å². The molecule has 22 heavy (non-hydrogen) atoms. The van der Waals surface area contributed by atoms with Gasteiger partial charge >= 0.3 is 0 Å². The molecule has 3 rings (SSSR count). The highest BCUT2D eigenvalue weighted by molar-refractivity contribution is 5.79. The third-order valence-electron chi connectivity index (χ3n) is 4.02. The zero-order valence-electron chi connectivity index (χ0n) is 12.7. The minimum atomic E-state index is 0.722. The van der Waals surface area contributed by atoms with Crippen LogP contribution in [0.2, 0.25) is 0 Å². The quantitative estimate of drug-likeness (QED) is 0.670. The summed E-state index contributed by atoms with van der Waals surface area (Å²) in [5, 5.41) is 9.23. The van der Waals surface area contributed by atoms with Gasteiger partial charge in [-0.3, -0.25) is 4.98 Å². The van der Waals surface area contributed by atoms with E-state index in [2.05, 4.69) is 36.2 Å². The summed E-state index contributed by atoms with van der Waals surface area (Å²) in [5.41, 5.74) is 7.27. The van der Waals surface area contributed by atoms with Crippen LogP contribution in [-0.4, -0.2) is 4.98 Å². The lowest BCUT2D eigenvalue weighted by Crippen LogP contribution is -1.93. The average molecular weight is 284 g/mol. The maximum Gasteiger partial charge on any atom is 0.0994 e. The monoisotopic (exact) mass is 284 g/mol. The van der Waals surface area contributed by atoms with Gasteiger partial charge in [0.15, 0.2) is 0 Å². The number of aromatic nitrogens is 1. The molecule has 0 bridgehead atoms. The molecular weight excluding hydrogens is 268 g/mol. The fourth-order valence-corrected chi connectivity index (χ4v) is 2.78. The van der Waals surface area contributed by atoms with Crippen molar-refractivity contribution in [2.75, 3.05) is 0 Å². The molecule has 2 aromatic carbocycles. The fraction of sp³-hybridized carbons (Fsp3) is 0.100. The van der Waals surface area contributed by atoms with E-state index in [0.29, 0.717) is 0 Å². The summed E-state index contributed by atoms with van der Waals surface area (Å²) in [6.07, 6.45) is 1.81. The second-order valence-electron chi connectivity index (χ2n) is 5.28. The van der Waals surface area contributed by atoms with Gasteiger partial charge in [-0.05, 0) is 54.3 Å². The topological polar surface area (TPSA) is 36.7 Å². The first kappa shape index (κ1) is 14.0. The van der Waals surface area contributed by atoms with Crippen LogP contribution in [0.3, 0.4) is 0 Å². The van der Waals surface area contributed by atoms with Crippen LogP contribution in [0.25, 0.3) is 22.4 Å². The van der Waals surface area contributed by atoms with Crippen molar-refractivity contribution in [2.45, 2.75) is 13.8 Å². The lowest BCUT2D eigenvalue weighted by molar-refractivity contribution is 1.30. The van der Waals surface area contributed by atoms with E-state index in [-0.39, 0.29) is 0 Å². The Balaban J connectivity index is 2.21. The summed E-state index contributed by atoms with van der Waals surface area (Å²) >= 11 is 0. The summed E-state index contributed by atoms with van der Waals surface area (Å²) in [6, 6.07) is 20.3. The number of rotatable bonds is 2. The van der Waals surface area contributed by atoms with Crippen molar-refractivity contribution in [3.63, 3.8) is 0 Å². The van der Waals surface area contributed by atoms with Crippen molar-refractivity contribution < 1.29 is 0 Å². The van der Waals surface area contributed by atoms with Gasteiger partial charge in [-0.2, -0.15) is 5.26 Å². The van der Waals surface area contributed by atoms with Crippen LogP contribution >= 0.6 is 0 Å². The van der Waals surface area contributed by atoms with E-state index in [1.807, 2.05) is 49.5 Å². The second-order valence-corrected chi connectivity index (χ2v) is 5.28. The first-order valence-corrected chi connectivity index (χ1v) is 7.23. The molecule has 2 nitrogen and oxygen atoms in total. The van der Waals surface area contributed by atoms with E-state index < -0.39 is 0 Å². The molecule has 0 saturated heterocycles. The Hall–Kier alpha value is -2.92. The molecule has 0 spiro atoms. The highest BCUT2D eigenvalue weighted by Crippen LogP contribution is 2.33. The first-order valence-electron chi connectivity index (χ1n) is 7.23. The van der Waals surface area contributed by atoms with Crippen LogP contribution in [-0.2, 0) is 0 Å². The summed E-state index contributed by atoms with van der Waals surface area (Å²) in [5.74, 6) is 0. The number of hydrogen-bond donors (Lipinski definition) is 0. The predicted molar refractivity (Wildman–Crippen MR) is 89.3 cm³/mol. The molecule has 0 aliphatic heterocycles. The van der Waals surface area contributed by atoms with Crippen molar-refractivity contribution >= 4 is 0 Å². The molecule has 0 amide bonds. The molecule has 0 aliphatic carbocycles. The van der Waals surface area contributed by atoms with Gasteiger partial charge in [0.1, 0.15) is 0 Å². The number of nitriles is 1. The van der Waals surface area contributed by atoms with E-state index in [1.54, 1.807) is 0 Å². The van der Waals surface area contributed by atoms with E-state index in [4.69, 9.17) is 0 Å². The van der Waals surface area contributed by atoms with E-state index in [9.17, 15) is 5.26 Å². The van der Waals surface area contributed by atoms with Gasteiger partial charge in [0.25, 0.3) is 0 Å². The van der Waals surface area contributed by atoms with Gasteiger partial charge in [0.2, 0.25) is 0 Å².